The highest BCUT2D eigenvalue weighted by molar-refractivity contribution is 5.82. The van der Waals surface area contributed by atoms with Gasteiger partial charge in [0.15, 0.2) is 0 Å². The molecule has 0 aromatic heterocycles. The fourth-order valence-electron chi connectivity index (χ4n) is 2.92. The molecule has 136 valence electrons. The van der Waals surface area contributed by atoms with Gasteiger partial charge in [-0.25, -0.2) is 0 Å². The Morgan fingerprint density at radius 3 is 2.13 bits per heavy atom. The molecule has 1 amide bonds. The van der Waals surface area contributed by atoms with E-state index in [0.29, 0.717) is 5.92 Å². The molecule has 0 aliphatic heterocycles. The van der Waals surface area contributed by atoms with Crippen molar-refractivity contribution in [1.82, 2.24) is 4.90 Å². The summed E-state index contributed by atoms with van der Waals surface area (Å²) in [6.07, 6.45) is 4.08. The van der Waals surface area contributed by atoms with Crippen LogP contribution < -0.4 is 5.73 Å². The van der Waals surface area contributed by atoms with Crippen LogP contribution in [0, 0.1) is 17.8 Å². The lowest BCUT2D eigenvalue weighted by atomic mass is 9.83. The normalized spacial score (nSPS) is 17.9. The summed E-state index contributed by atoms with van der Waals surface area (Å²) in [5.74, 6) is -0.449. The van der Waals surface area contributed by atoms with E-state index in [0.717, 1.165) is 25.7 Å². The molecule has 5 atom stereocenters. The predicted octanol–water partition coefficient (Wildman–Crippen LogP) is 3.12. The molecule has 0 saturated heterocycles. The van der Waals surface area contributed by atoms with Crippen LogP contribution in [0.5, 0.6) is 0 Å². The minimum atomic E-state index is -0.874. The lowest BCUT2D eigenvalue weighted by Crippen LogP contribution is -2.52. The van der Waals surface area contributed by atoms with Gasteiger partial charge in [0.1, 0.15) is 0 Å². The lowest BCUT2D eigenvalue weighted by molar-refractivity contribution is -0.142. The molecule has 5 heteroatoms. The molecule has 0 aliphatic rings. The SMILES string of the molecule is CCCCC(C)C(C)C(CC(=O)O)N(C)C(=O)C(N)C(C)CC. The number of nitrogens with zero attached hydrogens (tertiary/aromatic N) is 1. The zero-order valence-corrected chi connectivity index (χ0v) is 15.7. The van der Waals surface area contributed by atoms with Crippen molar-refractivity contribution in [3.63, 3.8) is 0 Å². The number of likely N-dealkylation sites (N-methyl/N-ethyl adjacent to an activating group) is 1. The summed E-state index contributed by atoms with van der Waals surface area (Å²) in [4.78, 5) is 25.5. The summed E-state index contributed by atoms with van der Waals surface area (Å²) < 4.78 is 0. The number of unbranched alkanes of at least 4 members (excludes halogenated alkanes) is 1. The fraction of sp³-hybridized carbons (Fsp3) is 0.889. The van der Waals surface area contributed by atoms with Gasteiger partial charge in [-0.15, -0.1) is 0 Å². The number of carboxylic acid groups (broad SMARTS) is 1. The Morgan fingerprint density at radius 1 is 1.13 bits per heavy atom. The van der Waals surface area contributed by atoms with Crippen LogP contribution in [-0.2, 0) is 9.59 Å². The Hall–Kier alpha value is -1.10. The zero-order chi connectivity index (χ0) is 18.2. The highest BCUT2D eigenvalue weighted by Crippen LogP contribution is 2.26. The van der Waals surface area contributed by atoms with E-state index < -0.39 is 12.0 Å². The molecule has 0 radical (unpaired) electrons. The van der Waals surface area contributed by atoms with E-state index in [-0.39, 0.29) is 30.2 Å². The van der Waals surface area contributed by atoms with E-state index in [2.05, 4.69) is 13.8 Å². The number of hydrogen-bond acceptors (Lipinski definition) is 3. The van der Waals surface area contributed by atoms with E-state index in [9.17, 15) is 14.7 Å². The molecule has 5 nitrogen and oxygen atoms in total. The second-order valence-electron chi connectivity index (χ2n) is 7.00. The number of nitrogens with two attached hydrogens (primary N) is 1. The topological polar surface area (TPSA) is 83.6 Å². The Morgan fingerprint density at radius 2 is 1.70 bits per heavy atom. The van der Waals surface area contributed by atoms with E-state index >= 15 is 0 Å². The third kappa shape index (κ3) is 6.90. The second-order valence-corrected chi connectivity index (χ2v) is 7.00. The monoisotopic (exact) mass is 328 g/mol. The maximum atomic E-state index is 12.6. The van der Waals surface area contributed by atoms with E-state index in [4.69, 9.17) is 5.73 Å². The standard InChI is InChI=1S/C18H36N2O3/c1-7-9-10-13(4)14(5)15(11-16(21)22)20(6)18(23)17(19)12(3)8-2/h12-15,17H,7-11,19H2,1-6H3,(H,21,22). The number of rotatable bonds is 11. The fourth-order valence-corrected chi connectivity index (χ4v) is 2.92. The van der Waals surface area contributed by atoms with E-state index in [1.165, 1.54) is 0 Å². The van der Waals surface area contributed by atoms with Crippen molar-refractivity contribution in [3.05, 3.63) is 0 Å². The summed E-state index contributed by atoms with van der Waals surface area (Å²) >= 11 is 0. The van der Waals surface area contributed by atoms with Crippen molar-refractivity contribution in [3.8, 4) is 0 Å². The summed E-state index contributed by atoms with van der Waals surface area (Å²) in [5.41, 5.74) is 6.06. The van der Waals surface area contributed by atoms with Gasteiger partial charge in [-0.2, -0.15) is 0 Å². The quantitative estimate of drug-likeness (QED) is 0.610. The molecule has 5 unspecified atom stereocenters. The van der Waals surface area contributed by atoms with Gasteiger partial charge in [0.2, 0.25) is 5.91 Å². The maximum Gasteiger partial charge on any atom is 0.305 e. The first-order valence-electron chi connectivity index (χ1n) is 8.91. The molecule has 0 spiro atoms. The summed E-state index contributed by atoms with van der Waals surface area (Å²) in [7, 11) is 1.70. The van der Waals surface area contributed by atoms with Gasteiger partial charge in [0, 0.05) is 13.1 Å². The molecule has 0 aromatic rings. The van der Waals surface area contributed by atoms with Gasteiger partial charge in [0.25, 0.3) is 0 Å². The first-order valence-corrected chi connectivity index (χ1v) is 8.91. The largest absolute Gasteiger partial charge is 0.481 e. The third-order valence-electron chi connectivity index (χ3n) is 5.29. The van der Waals surface area contributed by atoms with Crippen LogP contribution in [0.2, 0.25) is 0 Å². The van der Waals surface area contributed by atoms with Gasteiger partial charge in [-0.3, -0.25) is 9.59 Å². The van der Waals surface area contributed by atoms with Crippen molar-refractivity contribution >= 4 is 11.9 Å². The van der Waals surface area contributed by atoms with Gasteiger partial charge >= 0.3 is 5.97 Å². The number of hydrogen-bond donors (Lipinski definition) is 2. The van der Waals surface area contributed by atoms with Crippen LogP contribution in [0.15, 0.2) is 0 Å². The first kappa shape index (κ1) is 21.9. The molecule has 0 heterocycles. The van der Waals surface area contributed by atoms with Crippen LogP contribution in [-0.4, -0.2) is 41.0 Å². The average Bonchev–Trinajstić information content (AvgIpc) is 2.53. The minimum absolute atomic E-state index is 0.0346. The molecule has 0 aliphatic carbocycles. The number of carbonyl (C=O) groups excluding carboxylic acids is 1. The van der Waals surface area contributed by atoms with Crippen molar-refractivity contribution < 1.29 is 14.7 Å². The lowest BCUT2D eigenvalue weighted by Gasteiger charge is -2.37. The summed E-state index contributed by atoms with van der Waals surface area (Å²) in [6.45, 7) is 10.3. The second kappa shape index (κ2) is 10.6. The number of carboxylic acids is 1. The third-order valence-corrected chi connectivity index (χ3v) is 5.29. The Balaban J connectivity index is 5.13. The maximum absolute atomic E-state index is 12.6. The first-order chi connectivity index (χ1) is 10.7. The van der Waals surface area contributed by atoms with Crippen LogP contribution in [0.25, 0.3) is 0 Å². The number of carbonyl (C=O) groups is 2. The van der Waals surface area contributed by atoms with Gasteiger partial charge < -0.3 is 15.7 Å². The highest BCUT2D eigenvalue weighted by atomic mass is 16.4. The van der Waals surface area contributed by atoms with E-state index in [1.807, 2.05) is 20.8 Å². The zero-order valence-electron chi connectivity index (χ0n) is 15.7. The Bertz CT molecular complexity index is 373. The number of aliphatic carboxylic acids is 1. The van der Waals surface area contributed by atoms with Crippen molar-refractivity contribution in [2.24, 2.45) is 23.5 Å². The average molecular weight is 328 g/mol. The van der Waals surface area contributed by atoms with Gasteiger partial charge in [-0.05, 0) is 17.8 Å². The summed E-state index contributed by atoms with van der Waals surface area (Å²) in [6, 6.07) is -0.888. The van der Waals surface area contributed by atoms with Crippen LogP contribution >= 0.6 is 0 Å². The number of amides is 1. The van der Waals surface area contributed by atoms with Crippen molar-refractivity contribution in [2.75, 3.05) is 7.05 Å². The molecule has 3 N–H and O–H groups in total. The Kier molecular flexibility index (Phi) is 10.1. The molecule has 0 fully saturated rings. The van der Waals surface area contributed by atoms with Crippen LogP contribution in [0.3, 0.4) is 0 Å². The van der Waals surface area contributed by atoms with Crippen molar-refractivity contribution in [2.45, 2.75) is 78.8 Å². The van der Waals surface area contributed by atoms with Crippen molar-refractivity contribution in [1.29, 1.82) is 0 Å². The van der Waals surface area contributed by atoms with Gasteiger partial charge in [-0.1, -0.05) is 60.3 Å². The van der Waals surface area contributed by atoms with Gasteiger partial charge in [0.05, 0.1) is 12.5 Å². The molecular formula is C18H36N2O3. The van der Waals surface area contributed by atoms with E-state index in [1.54, 1.807) is 11.9 Å². The molecule has 0 bridgehead atoms. The molecule has 0 rings (SSSR count). The summed E-state index contributed by atoms with van der Waals surface area (Å²) in [5, 5.41) is 9.25. The predicted molar refractivity (Wildman–Crippen MR) is 94.1 cm³/mol. The molecule has 0 saturated carbocycles. The smallest absolute Gasteiger partial charge is 0.305 e. The molecule has 23 heavy (non-hydrogen) atoms. The van der Waals surface area contributed by atoms with Crippen LogP contribution in [0.1, 0.15) is 66.7 Å². The molecule has 0 aromatic carbocycles. The highest BCUT2D eigenvalue weighted by Gasteiger charge is 2.33. The molecular weight excluding hydrogens is 292 g/mol. The van der Waals surface area contributed by atoms with Crippen LogP contribution in [0.4, 0.5) is 0 Å². The Labute approximate surface area is 141 Å². The minimum Gasteiger partial charge on any atom is -0.481 e.